The van der Waals surface area contributed by atoms with Crippen molar-refractivity contribution >= 4 is 45.6 Å². The van der Waals surface area contributed by atoms with E-state index >= 15 is 0 Å². The van der Waals surface area contributed by atoms with Gasteiger partial charge >= 0.3 is 5.97 Å². The minimum Gasteiger partial charge on any atom is -0.465 e. The predicted octanol–water partition coefficient (Wildman–Crippen LogP) is 4.46. The highest BCUT2D eigenvalue weighted by molar-refractivity contribution is 6.37. The van der Waals surface area contributed by atoms with E-state index in [1.54, 1.807) is 30.6 Å². The number of carbonyl (C=O) groups is 2. The highest BCUT2D eigenvalue weighted by atomic mass is 16.5. The smallest absolute Gasteiger partial charge is 0.337 e. The Labute approximate surface area is 208 Å². The number of fused-ring (bicyclic) bond motifs is 2. The normalized spacial score (nSPS) is 13.8. The molecule has 0 bridgehead atoms. The van der Waals surface area contributed by atoms with Crippen LogP contribution in [0.1, 0.15) is 34.0 Å². The van der Waals surface area contributed by atoms with E-state index in [1.165, 1.54) is 7.11 Å². The van der Waals surface area contributed by atoms with Crippen molar-refractivity contribution in [3.8, 4) is 0 Å². The maximum Gasteiger partial charge on any atom is 0.337 e. The lowest BCUT2D eigenvalue weighted by atomic mass is 9.98. The first kappa shape index (κ1) is 23.2. The molecule has 0 atom stereocenters. The SMILES string of the molecule is CCNCc1ccc(N/C(=C2\C(=O)Nc3cc(C(=O)OC)ccc32)c2ccc3nccnc3c2)cc1. The maximum atomic E-state index is 13.3. The van der Waals surface area contributed by atoms with Gasteiger partial charge in [0, 0.05) is 35.8 Å². The molecule has 0 aliphatic carbocycles. The van der Waals surface area contributed by atoms with E-state index in [1.807, 2.05) is 42.5 Å². The zero-order chi connectivity index (χ0) is 25.1. The van der Waals surface area contributed by atoms with Gasteiger partial charge in [0.25, 0.3) is 5.91 Å². The second-order valence-electron chi connectivity index (χ2n) is 8.32. The van der Waals surface area contributed by atoms with Crippen molar-refractivity contribution in [3.05, 3.63) is 95.3 Å². The van der Waals surface area contributed by atoms with Gasteiger partial charge in [0.05, 0.1) is 40.7 Å². The summed E-state index contributed by atoms with van der Waals surface area (Å²) in [4.78, 5) is 34.1. The van der Waals surface area contributed by atoms with Crippen molar-refractivity contribution in [1.82, 2.24) is 15.3 Å². The third-order valence-electron chi connectivity index (χ3n) is 6.00. The number of hydrogen-bond acceptors (Lipinski definition) is 7. The van der Waals surface area contributed by atoms with Gasteiger partial charge in [-0.25, -0.2) is 4.79 Å². The van der Waals surface area contributed by atoms with E-state index in [2.05, 4.69) is 32.8 Å². The number of nitrogens with one attached hydrogen (secondary N) is 3. The molecular formula is C28H25N5O3. The number of esters is 1. The first-order chi connectivity index (χ1) is 17.6. The minimum absolute atomic E-state index is 0.266. The molecule has 8 heteroatoms. The fraction of sp³-hybridized carbons (Fsp3) is 0.143. The van der Waals surface area contributed by atoms with Crippen LogP contribution in [-0.2, 0) is 16.1 Å². The van der Waals surface area contributed by atoms with Crippen molar-refractivity contribution in [2.75, 3.05) is 24.3 Å². The predicted molar refractivity (Wildman–Crippen MR) is 140 cm³/mol. The van der Waals surface area contributed by atoms with Gasteiger partial charge in [0.15, 0.2) is 0 Å². The third kappa shape index (κ3) is 4.54. The summed E-state index contributed by atoms with van der Waals surface area (Å²) in [6.07, 6.45) is 3.29. The van der Waals surface area contributed by atoms with Crippen LogP contribution >= 0.6 is 0 Å². The number of nitrogens with zero attached hydrogens (tertiary/aromatic N) is 2. The largest absolute Gasteiger partial charge is 0.465 e. The molecule has 36 heavy (non-hydrogen) atoms. The van der Waals surface area contributed by atoms with Gasteiger partial charge in [0.1, 0.15) is 0 Å². The number of benzene rings is 3. The molecule has 0 saturated heterocycles. The number of ether oxygens (including phenoxy) is 1. The monoisotopic (exact) mass is 479 g/mol. The van der Waals surface area contributed by atoms with Crippen molar-refractivity contribution in [2.45, 2.75) is 13.5 Å². The van der Waals surface area contributed by atoms with Crippen LogP contribution in [0.15, 0.2) is 73.1 Å². The number of aromatic nitrogens is 2. The summed E-state index contributed by atoms with van der Waals surface area (Å²) >= 11 is 0. The summed E-state index contributed by atoms with van der Waals surface area (Å²) in [5.41, 5.74) is 6.98. The molecule has 3 N–H and O–H groups in total. The van der Waals surface area contributed by atoms with Crippen molar-refractivity contribution in [3.63, 3.8) is 0 Å². The van der Waals surface area contributed by atoms with E-state index in [0.29, 0.717) is 28.1 Å². The second kappa shape index (κ2) is 9.97. The highest BCUT2D eigenvalue weighted by Gasteiger charge is 2.29. The van der Waals surface area contributed by atoms with Gasteiger partial charge in [-0.15, -0.1) is 0 Å². The van der Waals surface area contributed by atoms with Crippen LogP contribution in [0.4, 0.5) is 11.4 Å². The van der Waals surface area contributed by atoms with Crippen LogP contribution in [0.5, 0.6) is 0 Å². The average Bonchev–Trinajstić information content (AvgIpc) is 3.25. The van der Waals surface area contributed by atoms with Crippen LogP contribution in [0.2, 0.25) is 0 Å². The number of methoxy groups -OCH3 is 1. The molecule has 1 aliphatic heterocycles. The summed E-state index contributed by atoms with van der Waals surface area (Å²) < 4.78 is 4.83. The van der Waals surface area contributed by atoms with Crippen LogP contribution in [-0.4, -0.2) is 35.5 Å². The molecule has 3 aromatic carbocycles. The molecule has 5 rings (SSSR count). The number of rotatable bonds is 7. The Balaban J connectivity index is 1.62. The Kier molecular flexibility index (Phi) is 6.42. The van der Waals surface area contributed by atoms with Gasteiger partial charge in [-0.1, -0.05) is 31.2 Å². The Morgan fingerprint density at radius 1 is 0.944 bits per heavy atom. The molecule has 1 aromatic heterocycles. The standard InChI is InChI=1S/C28H25N5O3/c1-3-29-16-17-4-8-20(9-5-17)32-26(18-7-11-22-24(14-18)31-13-12-30-22)25-21-10-6-19(28(35)36-2)15-23(21)33-27(25)34/h4-15,29,32H,3,16H2,1-2H3,(H,33,34)/b26-25-. The van der Waals surface area contributed by atoms with Gasteiger partial charge in [-0.05, 0) is 48.5 Å². The highest BCUT2D eigenvalue weighted by Crippen LogP contribution is 2.38. The lowest BCUT2D eigenvalue weighted by Gasteiger charge is -2.16. The lowest BCUT2D eigenvalue weighted by molar-refractivity contribution is -0.110. The summed E-state index contributed by atoms with van der Waals surface area (Å²) in [5.74, 6) is -0.730. The Morgan fingerprint density at radius 3 is 2.44 bits per heavy atom. The average molecular weight is 480 g/mol. The molecule has 8 nitrogen and oxygen atoms in total. The molecule has 0 fully saturated rings. The molecule has 2 heterocycles. The number of hydrogen-bond donors (Lipinski definition) is 3. The number of anilines is 2. The summed E-state index contributed by atoms with van der Waals surface area (Å²) in [7, 11) is 1.33. The molecule has 0 radical (unpaired) electrons. The summed E-state index contributed by atoms with van der Waals surface area (Å²) in [6, 6.07) is 18.8. The summed E-state index contributed by atoms with van der Waals surface area (Å²) in [5, 5.41) is 9.67. The van der Waals surface area contributed by atoms with Crippen LogP contribution in [0.3, 0.4) is 0 Å². The quantitative estimate of drug-likeness (QED) is 0.266. The number of amides is 1. The van der Waals surface area contributed by atoms with Crippen molar-refractivity contribution < 1.29 is 14.3 Å². The maximum absolute atomic E-state index is 13.3. The molecule has 0 saturated carbocycles. The molecule has 0 spiro atoms. The summed E-state index contributed by atoms with van der Waals surface area (Å²) in [6.45, 7) is 3.75. The molecule has 4 aromatic rings. The Bertz CT molecular complexity index is 1500. The second-order valence-corrected chi connectivity index (χ2v) is 8.32. The van der Waals surface area contributed by atoms with Gasteiger partial charge in [0.2, 0.25) is 0 Å². The topological polar surface area (TPSA) is 105 Å². The molecular weight excluding hydrogens is 454 g/mol. The zero-order valence-electron chi connectivity index (χ0n) is 20.0. The fourth-order valence-corrected chi connectivity index (χ4v) is 4.18. The van der Waals surface area contributed by atoms with Gasteiger partial charge < -0.3 is 20.7 Å². The van der Waals surface area contributed by atoms with Crippen molar-refractivity contribution in [2.24, 2.45) is 0 Å². The number of carbonyl (C=O) groups excluding carboxylic acids is 2. The molecule has 1 amide bonds. The lowest BCUT2D eigenvalue weighted by Crippen LogP contribution is -2.12. The first-order valence-electron chi connectivity index (χ1n) is 11.6. The van der Waals surface area contributed by atoms with Crippen LogP contribution in [0, 0.1) is 0 Å². The molecule has 0 unspecified atom stereocenters. The van der Waals surface area contributed by atoms with Crippen LogP contribution < -0.4 is 16.0 Å². The minimum atomic E-state index is -0.464. The van der Waals surface area contributed by atoms with Gasteiger partial charge in [-0.3, -0.25) is 14.8 Å². The van der Waals surface area contributed by atoms with E-state index in [9.17, 15) is 9.59 Å². The van der Waals surface area contributed by atoms with Crippen LogP contribution in [0.25, 0.3) is 22.3 Å². The fourth-order valence-electron chi connectivity index (χ4n) is 4.18. The molecule has 1 aliphatic rings. The van der Waals surface area contributed by atoms with E-state index < -0.39 is 5.97 Å². The zero-order valence-corrected chi connectivity index (χ0v) is 20.0. The third-order valence-corrected chi connectivity index (χ3v) is 6.00. The Morgan fingerprint density at radius 2 is 1.69 bits per heavy atom. The Hall–Kier alpha value is -4.56. The van der Waals surface area contributed by atoms with E-state index in [0.717, 1.165) is 40.9 Å². The van der Waals surface area contributed by atoms with E-state index in [4.69, 9.17) is 4.74 Å². The first-order valence-corrected chi connectivity index (χ1v) is 11.6. The van der Waals surface area contributed by atoms with Gasteiger partial charge in [-0.2, -0.15) is 0 Å². The van der Waals surface area contributed by atoms with Crippen molar-refractivity contribution in [1.29, 1.82) is 0 Å². The molecule has 180 valence electrons. The van der Waals surface area contributed by atoms with E-state index in [-0.39, 0.29) is 5.91 Å².